The molecule has 1 atom stereocenters. The van der Waals surface area contributed by atoms with Crippen LogP contribution < -0.4 is 11.1 Å². The number of nitrogens with two attached hydrogens (primary N) is 1. The highest BCUT2D eigenvalue weighted by Gasteiger charge is 2.47. The molecule has 2 aliphatic heterocycles. The van der Waals surface area contributed by atoms with E-state index in [9.17, 15) is 4.79 Å². The lowest BCUT2D eigenvalue weighted by Crippen LogP contribution is -2.58. The van der Waals surface area contributed by atoms with Crippen LogP contribution in [0, 0.1) is 10.8 Å². The minimum absolute atomic E-state index is 0.0252. The summed E-state index contributed by atoms with van der Waals surface area (Å²) in [5.74, 6) is 0. The molecule has 2 saturated heterocycles. The molecular weight excluding hydrogens is 352 g/mol. The molecule has 6 heteroatoms. The van der Waals surface area contributed by atoms with Gasteiger partial charge in [0.1, 0.15) is 0 Å². The van der Waals surface area contributed by atoms with E-state index in [1.807, 2.05) is 12.0 Å². The number of hydrogen-bond donors (Lipinski definition) is 2. The van der Waals surface area contributed by atoms with Gasteiger partial charge in [0.05, 0.1) is 6.10 Å². The highest BCUT2D eigenvalue weighted by molar-refractivity contribution is 5.74. The molecule has 2 heterocycles. The topological polar surface area (TPSA) is 70.8 Å². The maximum atomic E-state index is 13.0. The lowest BCUT2D eigenvalue weighted by atomic mass is 9.66. The second-order valence-electron chi connectivity index (χ2n) is 10.4. The van der Waals surface area contributed by atoms with E-state index in [1.165, 1.54) is 25.7 Å². The number of rotatable bonds is 5. The van der Waals surface area contributed by atoms with Crippen LogP contribution in [0.4, 0.5) is 4.79 Å². The van der Waals surface area contributed by atoms with Gasteiger partial charge in [0.2, 0.25) is 0 Å². The average Bonchev–Trinajstić information content (AvgIpc) is 3.34. The van der Waals surface area contributed by atoms with Crippen molar-refractivity contribution in [2.75, 3.05) is 46.4 Å². The van der Waals surface area contributed by atoms with E-state index in [0.29, 0.717) is 12.6 Å². The van der Waals surface area contributed by atoms with E-state index >= 15 is 0 Å². The zero-order valence-corrected chi connectivity index (χ0v) is 18.6. The normalized spacial score (nSPS) is 29.4. The number of ether oxygens (including phenoxy) is 1. The Bertz CT molecular complexity index is 533. The number of carbonyl (C=O) groups excluding carboxylic acids is 1. The number of nitrogens with zero attached hydrogens (tertiary/aromatic N) is 2. The van der Waals surface area contributed by atoms with Crippen LogP contribution in [0.5, 0.6) is 0 Å². The van der Waals surface area contributed by atoms with Crippen molar-refractivity contribution in [3.63, 3.8) is 0 Å². The lowest BCUT2D eigenvalue weighted by Gasteiger charge is -2.45. The van der Waals surface area contributed by atoms with Gasteiger partial charge in [-0.2, -0.15) is 0 Å². The first kappa shape index (κ1) is 21.8. The molecule has 0 aromatic rings. The van der Waals surface area contributed by atoms with Crippen LogP contribution in [0.1, 0.15) is 65.7 Å². The van der Waals surface area contributed by atoms with Gasteiger partial charge in [0.25, 0.3) is 0 Å². The molecule has 28 heavy (non-hydrogen) atoms. The summed E-state index contributed by atoms with van der Waals surface area (Å²) in [6.07, 6.45) is 8.52. The number of methoxy groups -OCH3 is 1. The van der Waals surface area contributed by atoms with Crippen LogP contribution in [-0.2, 0) is 4.74 Å². The summed E-state index contributed by atoms with van der Waals surface area (Å²) in [7, 11) is 1.82. The van der Waals surface area contributed by atoms with Crippen LogP contribution in [0.25, 0.3) is 0 Å². The Morgan fingerprint density at radius 1 is 1.14 bits per heavy atom. The van der Waals surface area contributed by atoms with Crippen molar-refractivity contribution in [2.24, 2.45) is 16.6 Å². The molecule has 3 fully saturated rings. The van der Waals surface area contributed by atoms with E-state index in [0.717, 1.165) is 52.0 Å². The maximum absolute atomic E-state index is 13.0. The summed E-state index contributed by atoms with van der Waals surface area (Å²) in [5, 5.41) is 3.32. The van der Waals surface area contributed by atoms with Crippen LogP contribution in [0.3, 0.4) is 0 Å². The van der Waals surface area contributed by atoms with Gasteiger partial charge < -0.3 is 20.7 Å². The van der Waals surface area contributed by atoms with Crippen molar-refractivity contribution in [2.45, 2.75) is 77.4 Å². The fourth-order valence-corrected chi connectivity index (χ4v) is 5.69. The molecule has 0 aromatic carbocycles. The summed E-state index contributed by atoms with van der Waals surface area (Å²) in [6.45, 7) is 11.9. The zero-order chi connectivity index (χ0) is 20.4. The first-order valence-corrected chi connectivity index (χ1v) is 11.3. The fourth-order valence-electron chi connectivity index (χ4n) is 5.69. The fraction of sp³-hybridized carbons (Fsp3) is 0.955. The number of nitrogens with one attached hydrogen (secondary N) is 1. The molecule has 162 valence electrons. The summed E-state index contributed by atoms with van der Waals surface area (Å²) in [6, 6.07) is 0.0950. The molecule has 3 N–H and O–H groups in total. The van der Waals surface area contributed by atoms with Crippen molar-refractivity contribution in [1.82, 2.24) is 15.1 Å². The molecule has 0 aromatic heterocycles. The Morgan fingerprint density at radius 2 is 1.79 bits per heavy atom. The average molecular weight is 395 g/mol. The van der Waals surface area contributed by atoms with E-state index in [1.54, 1.807) is 0 Å². The van der Waals surface area contributed by atoms with Gasteiger partial charge >= 0.3 is 6.03 Å². The Morgan fingerprint density at radius 3 is 2.29 bits per heavy atom. The summed E-state index contributed by atoms with van der Waals surface area (Å²) in [5.41, 5.74) is 6.43. The third-order valence-electron chi connectivity index (χ3n) is 8.17. The van der Waals surface area contributed by atoms with Gasteiger partial charge in [0, 0.05) is 57.3 Å². The minimum Gasteiger partial charge on any atom is -0.381 e. The molecule has 2 amide bonds. The molecule has 1 aliphatic carbocycles. The molecular formula is C22H42N4O2. The summed E-state index contributed by atoms with van der Waals surface area (Å²) < 4.78 is 5.54. The quantitative estimate of drug-likeness (QED) is 0.752. The van der Waals surface area contributed by atoms with Crippen molar-refractivity contribution < 1.29 is 9.53 Å². The first-order chi connectivity index (χ1) is 13.3. The smallest absolute Gasteiger partial charge is 0.317 e. The third kappa shape index (κ3) is 4.19. The molecule has 1 saturated carbocycles. The van der Waals surface area contributed by atoms with Crippen molar-refractivity contribution in [3.8, 4) is 0 Å². The molecule has 0 spiro atoms. The van der Waals surface area contributed by atoms with Gasteiger partial charge in [-0.3, -0.25) is 4.90 Å². The summed E-state index contributed by atoms with van der Waals surface area (Å²) in [4.78, 5) is 17.6. The number of hydrogen-bond acceptors (Lipinski definition) is 4. The third-order valence-corrected chi connectivity index (χ3v) is 8.17. The standard InChI is InChI=1S/C22H42N4O2/c1-20(2,3)21(15-23)11-14-25(17-21)19(27)24-16-22(9-5-6-10-22)26-12-7-18(28-4)8-13-26/h18H,5-17,23H2,1-4H3,(H,24,27). The van der Waals surface area contributed by atoms with Gasteiger partial charge in [-0.25, -0.2) is 4.79 Å². The van der Waals surface area contributed by atoms with E-state index < -0.39 is 0 Å². The highest BCUT2D eigenvalue weighted by atomic mass is 16.5. The first-order valence-electron chi connectivity index (χ1n) is 11.3. The lowest BCUT2D eigenvalue weighted by molar-refractivity contribution is -0.00245. The number of likely N-dealkylation sites (tertiary alicyclic amines) is 2. The second kappa shape index (κ2) is 8.49. The van der Waals surface area contributed by atoms with Crippen molar-refractivity contribution >= 4 is 6.03 Å². The van der Waals surface area contributed by atoms with E-state index in [-0.39, 0.29) is 22.4 Å². The second-order valence-corrected chi connectivity index (χ2v) is 10.4. The molecule has 6 nitrogen and oxygen atoms in total. The Labute approximate surface area is 171 Å². The van der Waals surface area contributed by atoms with Crippen LogP contribution in [-0.4, -0.2) is 73.9 Å². The Hall–Kier alpha value is -0.850. The van der Waals surface area contributed by atoms with Crippen LogP contribution in [0.15, 0.2) is 0 Å². The molecule has 0 radical (unpaired) electrons. The molecule has 3 aliphatic rings. The van der Waals surface area contributed by atoms with E-state index in [2.05, 4.69) is 31.0 Å². The Kier molecular flexibility index (Phi) is 6.62. The molecule has 3 rings (SSSR count). The van der Waals surface area contributed by atoms with Gasteiger partial charge in [0.15, 0.2) is 0 Å². The van der Waals surface area contributed by atoms with Gasteiger partial charge in [-0.05, 0) is 37.5 Å². The van der Waals surface area contributed by atoms with Gasteiger partial charge in [-0.1, -0.05) is 33.6 Å². The van der Waals surface area contributed by atoms with Crippen molar-refractivity contribution in [3.05, 3.63) is 0 Å². The van der Waals surface area contributed by atoms with Gasteiger partial charge in [-0.15, -0.1) is 0 Å². The summed E-state index contributed by atoms with van der Waals surface area (Å²) >= 11 is 0. The largest absolute Gasteiger partial charge is 0.381 e. The van der Waals surface area contributed by atoms with Crippen LogP contribution >= 0.6 is 0 Å². The number of amides is 2. The predicted molar refractivity (Wildman–Crippen MR) is 113 cm³/mol. The molecule has 0 bridgehead atoms. The highest BCUT2D eigenvalue weighted by Crippen LogP contribution is 2.45. The number of urea groups is 1. The van der Waals surface area contributed by atoms with Crippen LogP contribution in [0.2, 0.25) is 0 Å². The SMILES string of the molecule is COC1CCN(C2(CNC(=O)N3CCC(CN)(C(C)(C)C)C3)CCCC2)CC1. The van der Waals surface area contributed by atoms with E-state index in [4.69, 9.17) is 10.5 Å². The Balaban J connectivity index is 1.58. The monoisotopic (exact) mass is 394 g/mol. The minimum atomic E-state index is 0.0252. The number of piperidine rings is 1. The zero-order valence-electron chi connectivity index (χ0n) is 18.6. The number of carbonyl (C=O) groups is 1. The maximum Gasteiger partial charge on any atom is 0.317 e. The van der Waals surface area contributed by atoms with Crippen molar-refractivity contribution in [1.29, 1.82) is 0 Å². The molecule has 1 unspecified atom stereocenters. The predicted octanol–water partition coefficient (Wildman–Crippen LogP) is 2.82.